The number of hydrogen-bond donors (Lipinski definition) is 2. The van der Waals surface area contributed by atoms with Crippen molar-refractivity contribution in [3.05, 3.63) is 83.4 Å². The van der Waals surface area contributed by atoms with Crippen LogP contribution in [0, 0.1) is 18.3 Å². The molecular weight excluding hydrogens is 396 g/mol. The molecule has 0 amide bonds. The second kappa shape index (κ2) is 8.81. The van der Waals surface area contributed by atoms with Crippen LogP contribution in [-0.2, 0) is 6.54 Å². The number of H-pyrrole nitrogens is 1. The summed E-state index contributed by atoms with van der Waals surface area (Å²) < 4.78 is 0. The van der Waals surface area contributed by atoms with Crippen molar-refractivity contribution in [3.63, 3.8) is 0 Å². The van der Waals surface area contributed by atoms with Gasteiger partial charge in [-0.15, -0.1) is 0 Å². The van der Waals surface area contributed by atoms with Gasteiger partial charge in [-0.1, -0.05) is 24.3 Å². The molecule has 32 heavy (non-hydrogen) atoms. The quantitative estimate of drug-likeness (QED) is 0.458. The van der Waals surface area contributed by atoms with Gasteiger partial charge in [0.05, 0.1) is 11.9 Å². The van der Waals surface area contributed by atoms with E-state index in [0.717, 1.165) is 49.7 Å². The van der Waals surface area contributed by atoms with Crippen LogP contribution in [0.1, 0.15) is 41.4 Å². The Morgan fingerprint density at radius 3 is 2.69 bits per heavy atom. The highest BCUT2D eigenvalue weighted by molar-refractivity contribution is 5.84. The number of fused-ring (bicyclic) bond motifs is 1. The molecule has 2 N–H and O–H groups in total. The van der Waals surface area contributed by atoms with Gasteiger partial charge < -0.3 is 10.3 Å². The van der Waals surface area contributed by atoms with Gasteiger partial charge in [-0.25, -0.2) is 9.97 Å². The number of rotatable bonds is 5. The highest BCUT2D eigenvalue weighted by Crippen LogP contribution is 2.30. The van der Waals surface area contributed by atoms with Crippen LogP contribution in [0.15, 0.2) is 60.8 Å². The Hall–Kier alpha value is -3.69. The Kier molecular flexibility index (Phi) is 5.57. The highest BCUT2D eigenvalue weighted by Gasteiger charge is 2.23. The van der Waals surface area contributed by atoms with Crippen molar-refractivity contribution in [2.45, 2.75) is 32.2 Å². The van der Waals surface area contributed by atoms with Gasteiger partial charge in [0.1, 0.15) is 17.6 Å². The first-order valence-corrected chi connectivity index (χ1v) is 11.1. The number of likely N-dealkylation sites (tertiary alicyclic amines) is 1. The first kappa shape index (κ1) is 20.2. The van der Waals surface area contributed by atoms with Crippen molar-refractivity contribution >= 4 is 22.4 Å². The van der Waals surface area contributed by atoms with Crippen LogP contribution >= 0.6 is 0 Å². The minimum absolute atomic E-state index is 0.409. The second-order valence-corrected chi connectivity index (χ2v) is 8.44. The standard InChI is InChI=1S/C26H26N6/c1-18-22-5-2-3-6-24(22)30-25(18)17-32-13-11-19(12-14-32)23-7-4-8-26(31-23)29-21-10-9-20(15-27)28-16-21/h2-10,16,19,30H,11-14,17H2,1H3,(H,29,31). The number of benzene rings is 1. The van der Waals surface area contributed by atoms with E-state index < -0.39 is 0 Å². The van der Waals surface area contributed by atoms with E-state index in [1.807, 2.05) is 18.2 Å². The van der Waals surface area contributed by atoms with Crippen LogP contribution in [0.2, 0.25) is 0 Å². The molecule has 1 aliphatic heterocycles. The molecule has 0 aliphatic carbocycles. The molecule has 6 heteroatoms. The van der Waals surface area contributed by atoms with Gasteiger partial charge in [0.25, 0.3) is 0 Å². The number of nitriles is 1. The Bertz CT molecular complexity index is 1260. The number of anilines is 2. The Morgan fingerprint density at radius 1 is 1.09 bits per heavy atom. The predicted molar refractivity (Wildman–Crippen MR) is 127 cm³/mol. The molecule has 0 unspecified atom stereocenters. The zero-order valence-electron chi connectivity index (χ0n) is 18.2. The lowest BCUT2D eigenvalue weighted by atomic mass is 9.93. The third kappa shape index (κ3) is 4.20. The highest BCUT2D eigenvalue weighted by atomic mass is 15.1. The summed E-state index contributed by atoms with van der Waals surface area (Å²) in [5, 5.41) is 13.5. The molecule has 1 saturated heterocycles. The molecule has 1 aliphatic rings. The first-order valence-electron chi connectivity index (χ1n) is 11.1. The molecule has 1 fully saturated rings. The molecule has 4 aromatic rings. The normalized spacial score (nSPS) is 15.0. The van der Waals surface area contributed by atoms with Crippen molar-refractivity contribution in [2.75, 3.05) is 18.4 Å². The lowest BCUT2D eigenvalue weighted by Gasteiger charge is -2.31. The summed E-state index contributed by atoms with van der Waals surface area (Å²) in [7, 11) is 0. The van der Waals surface area contributed by atoms with Gasteiger partial charge in [0.2, 0.25) is 0 Å². The van der Waals surface area contributed by atoms with Crippen molar-refractivity contribution in [2.24, 2.45) is 0 Å². The second-order valence-electron chi connectivity index (χ2n) is 8.44. The Balaban J connectivity index is 1.21. The average Bonchev–Trinajstić information content (AvgIpc) is 3.15. The molecule has 6 nitrogen and oxygen atoms in total. The third-order valence-corrected chi connectivity index (χ3v) is 6.38. The van der Waals surface area contributed by atoms with E-state index in [-0.39, 0.29) is 0 Å². The minimum atomic E-state index is 0.409. The van der Waals surface area contributed by atoms with E-state index in [9.17, 15) is 0 Å². The zero-order chi connectivity index (χ0) is 21.9. The molecule has 0 saturated carbocycles. The molecule has 0 atom stereocenters. The summed E-state index contributed by atoms with van der Waals surface area (Å²) in [5.41, 5.74) is 6.29. The number of aromatic amines is 1. The lowest BCUT2D eigenvalue weighted by molar-refractivity contribution is 0.201. The van der Waals surface area contributed by atoms with Crippen LogP contribution in [0.4, 0.5) is 11.5 Å². The lowest BCUT2D eigenvalue weighted by Crippen LogP contribution is -2.33. The zero-order valence-corrected chi connectivity index (χ0v) is 18.2. The van der Waals surface area contributed by atoms with E-state index >= 15 is 0 Å². The fourth-order valence-electron chi connectivity index (χ4n) is 4.54. The van der Waals surface area contributed by atoms with Crippen molar-refractivity contribution in [1.82, 2.24) is 19.9 Å². The number of pyridine rings is 2. The average molecular weight is 423 g/mol. The van der Waals surface area contributed by atoms with E-state index in [1.165, 1.54) is 22.2 Å². The van der Waals surface area contributed by atoms with Crippen LogP contribution in [0.25, 0.3) is 10.9 Å². The number of hydrogen-bond acceptors (Lipinski definition) is 5. The molecule has 4 heterocycles. The van der Waals surface area contributed by atoms with Crippen molar-refractivity contribution in [3.8, 4) is 6.07 Å². The minimum Gasteiger partial charge on any atom is -0.357 e. The number of aryl methyl sites for hydroxylation is 1. The largest absolute Gasteiger partial charge is 0.357 e. The number of para-hydroxylation sites is 1. The van der Waals surface area contributed by atoms with Gasteiger partial charge >= 0.3 is 0 Å². The summed E-state index contributed by atoms with van der Waals surface area (Å²) in [5.74, 6) is 1.28. The summed E-state index contributed by atoms with van der Waals surface area (Å²) in [4.78, 5) is 15.1. The fourth-order valence-corrected chi connectivity index (χ4v) is 4.54. The fraction of sp³-hybridized carbons (Fsp3) is 0.269. The Morgan fingerprint density at radius 2 is 1.94 bits per heavy atom. The number of aromatic nitrogens is 3. The monoisotopic (exact) mass is 422 g/mol. The summed E-state index contributed by atoms with van der Waals surface area (Å²) in [6, 6.07) is 20.3. The predicted octanol–water partition coefficient (Wildman–Crippen LogP) is 5.26. The molecule has 0 spiro atoms. The molecule has 0 bridgehead atoms. The summed E-state index contributed by atoms with van der Waals surface area (Å²) in [6.07, 6.45) is 3.87. The van der Waals surface area contributed by atoms with E-state index in [4.69, 9.17) is 10.2 Å². The smallest absolute Gasteiger partial charge is 0.140 e. The molecule has 1 aromatic carbocycles. The van der Waals surface area contributed by atoms with Gasteiger partial charge in [-0.05, 0) is 68.8 Å². The third-order valence-electron chi connectivity index (χ3n) is 6.38. The van der Waals surface area contributed by atoms with E-state index in [2.05, 4.69) is 63.5 Å². The van der Waals surface area contributed by atoms with Gasteiger partial charge in [0, 0.05) is 34.8 Å². The van der Waals surface area contributed by atoms with E-state index in [0.29, 0.717) is 11.6 Å². The maximum atomic E-state index is 8.90. The number of piperidine rings is 1. The molecular formula is C26H26N6. The summed E-state index contributed by atoms with van der Waals surface area (Å²) in [6.45, 7) is 5.32. The number of nitrogens with zero attached hydrogens (tertiary/aromatic N) is 4. The maximum absolute atomic E-state index is 8.90. The van der Waals surface area contributed by atoms with Gasteiger partial charge in [-0.2, -0.15) is 5.26 Å². The summed E-state index contributed by atoms with van der Waals surface area (Å²) >= 11 is 0. The van der Waals surface area contributed by atoms with Crippen LogP contribution in [0.3, 0.4) is 0 Å². The van der Waals surface area contributed by atoms with Crippen LogP contribution in [-0.4, -0.2) is 32.9 Å². The molecule has 160 valence electrons. The maximum Gasteiger partial charge on any atom is 0.140 e. The first-order chi connectivity index (χ1) is 15.7. The topological polar surface area (TPSA) is 80.6 Å². The SMILES string of the molecule is Cc1c(CN2CCC(c3cccc(Nc4ccc(C#N)nc4)n3)CC2)[nH]c2ccccc12. The van der Waals surface area contributed by atoms with E-state index in [1.54, 1.807) is 12.3 Å². The van der Waals surface area contributed by atoms with Crippen molar-refractivity contribution in [1.29, 1.82) is 5.26 Å². The van der Waals surface area contributed by atoms with Crippen LogP contribution in [0.5, 0.6) is 0 Å². The molecule has 5 rings (SSSR count). The van der Waals surface area contributed by atoms with Crippen LogP contribution < -0.4 is 5.32 Å². The van der Waals surface area contributed by atoms with Gasteiger partial charge in [0.15, 0.2) is 0 Å². The number of nitrogens with one attached hydrogen (secondary N) is 2. The molecule has 3 aromatic heterocycles. The Labute approximate surface area is 187 Å². The van der Waals surface area contributed by atoms with Gasteiger partial charge in [-0.3, -0.25) is 4.90 Å². The molecule has 0 radical (unpaired) electrons. The van der Waals surface area contributed by atoms with Crippen molar-refractivity contribution < 1.29 is 0 Å².